The molecule has 0 atom stereocenters. The highest BCUT2D eigenvalue weighted by Crippen LogP contribution is 2.20. The zero-order valence-electron chi connectivity index (χ0n) is 12.4. The third-order valence-electron chi connectivity index (χ3n) is 3.19. The molecule has 0 fully saturated rings. The second-order valence-electron chi connectivity index (χ2n) is 4.96. The molecule has 5 heteroatoms. The van der Waals surface area contributed by atoms with Crippen molar-refractivity contribution in [3.05, 3.63) is 59.2 Å². The van der Waals surface area contributed by atoms with Gasteiger partial charge in [0.2, 0.25) is 10.0 Å². The van der Waals surface area contributed by atoms with Gasteiger partial charge in [0.05, 0.1) is 12.0 Å². The fourth-order valence-corrected chi connectivity index (χ4v) is 3.20. The molecule has 0 aliphatic rings. The normalized spacial score (nSPS) is 11.4. The summed E-state index contributed by atoms with van der Waals surface area (Å²) in [6, 6.07) is 12.5. The molecule has 1 N–H and O–H groups in total. The molecule has 0 unspecified atom stereocenters. The molecule has 2 aromatic carbocycles. The van der Waals surface area contributed by atoms with Crippen LogP contribution in [0.15, 0.2) is 47.4 Å². The highest BCUT2D eigenvalue weighted by atomic mass is 32.2. The lowest BCUT2D eigenvalue weighted by Crippen LogP contribution is -2.23. The maximum absolute atomic E-state index is 12.3. The van der Waals surface area contributed by atoms with Crippen LogP contribution in [0.4, 0.5) is 0 Å². The van der Waals surface area contributed by atoms with Crippen LogP contribution in [0, 0.1) is 13.8 Å². The summed E-state index contributed by atoms with van der Waals surface area (Å²) in [5, 5.41) is 0. The van der Waals surface area contributed by atoms with E-state index < -0.39 is 10.0 Å². The predicted octanol–water partition coefficient (Wildman–Crippen LogP) is 2.79. The van der Waals surface area contributed by atoms with E-state index in [1.54, 1.807) is 25.3 Å². The summed E-state index contributed by atoms with van der Waals surface area (Å²) >= 11 is 0. The average molecular weight is 305 g/mol. The highest BCUT2D eigenvalue weighted by Gasteiger charge is 2.14. The van der Waals surface area contributed by atoms with E-state index in [1.807, 2.05) is 38.1 Å². The van der Waals surface area contributed by atoms with Gasteiger partial charge in [0.1, 0.15) is 5.75 Å². The Labute approximate surface area is 125 Å². The van der Waals surface area contributed by atoms with E-state index in [4.69, 9.17) is 4.74 Å². The molecule has 0 saturated carbocycles. The zero-order chi connectivity index (χ0) is 15.5. The van der Waals surface area contributed by atoms with E-state index in [0.29, 0.717) is 5.75 Å². The molecule has 0 amide bonds. The number of nitrogens with one attached hydrogen (secondary N) is 1. The first-order valence-electron chi connectivity index (χ1n) is 6.62. The Morgan fingerprint density at radius 3 is 2.43 bits per heavy atom. The maximum atomic E-state index is 12.3. The number of benzene rings is 2. The largest absolute Gasteiger partial charge is 0.496 e. The smallest absolute Gasteiger partial charge is 0.240 e. The van der Waals surface area contributed by atoms with Crippen molar-refractivity contribution in [3.8, 4) is 5.75 Å². The Kier molecular flexibility index (Phi) is 4.65. The summed E-state index contributed by atoms with van der Waals surface area (Å²) in [7, 11) is -1.95. The molecule has 0 radical (unpaired) electrons. The van der Waals surface area contributed by atoms with Crippen LogP contribution in [0.3, 0.4) is 0 Å². The second kappa shape index (κ2) is 6.28. The SMILES string of the molecule is COc1ccc(C)cc1CNS(=O)(=O)c1cccc(C)c1. The number of aryl methyl sites for hydroxylation is 2. The van der Waals surface area contributed by atoms with Crippen LogP contribution in [0.2, 0.25) is 0 Å². The Balaban J connectivity index is 2.21. The van der Waals surface area contributed by atoms with Gasteiger partial charge in [-0.15, -0.1) is 0 Å². The zero-order valence-corrected chi connectivity index (χ0v) is 13.2. The fraction of sp³-hybridized carbons (Fsp3) is 0.250. The second-order valence-corrected chi connectivity index (χ2v) is 6.72. The van der Waals surface area contributed by atoms with Gasteiger partial charge in [0.15, 0.2) is 0 Å². The van der Waals surface area contributed by atoms with Gasteiger partial charge in [-0.05, 0) is 37.6 Å². The molecule has 0 heterocycles. The molecule has 21 heavy (non-hydrogen) atoms. The monoisotopic (exact) mass is 305 g/mol. The van der Waals surface area contributed by atoms with E-state index in [1.165, 1.54) is 0 Å². The molecule has 0 aromatic heterocycles. The number of ether oxygens (including phenoxy) is 1. The summed E-state index contributed by atoms with van der Waals surface area (Å²) in [5.41, 5.74) is 2.78. The molecule has 2 aromatic rings. The highest BCUT2D eigenvalue weighted by molar-refractivity contribution is 7.89. The van der Waals surface area contributed by atoms with E-state index in [0.717, 1.165) is 16.7 Å². The van der Waals surface area contributed by atoms with Crippen molar-refractivity contribution >= 4 is 10.0 Å². The third kappa shape index (κ3) is 3.83. The predicted molar refractivity (Wildman–Crippen MR) is 82.9 cm³/mol. The van der Waals surface area contributed by atoms with Crippen LogP contribution in [-0.4, -0.2) is 15.5 Å². The third-order valence-corrected chi connectivity index (χ3v) is 4.59. The quantitative estimate of drug-likeness (QED) is 0.924. The number of hydrogen-bond donors (Lipinski definition) is 1. The molecule has 2 rings (SSSR count). The maximum Gasteiger partial charge on any atom is 0.240 e. The minimum atomic E-state index is -3.52. The summed E-state index contributed by atoms with van der Waals surface area (Å²) in [6.45, 7) is 4.02. The van der Waals surface area contributed by atoms with E-state index in [2.05, 4.69) is 4.72 Å². The van der Waals surface area contributed by atoms with Gasteiger partial charge in [-0.2, -0.15) is 0 Å². The van der Waals surface area contributed by atoms with Crippen molar-refractivity contribution in [2.45, 2.75) is 25.3 Å². The van der Waals surface area contributed by atoms with Gasteiger partial charge >= 0.3 is 0 Å². The van der Waals surface area contributed by atoms with Crippen LogP contribution >= 0.6 is 0 Å². The van der Waals surface area contributed by atoms with Crippen LogP contribution < -0.4 is 9.46 Å². The first-order valence-corrected chi connectivity index (χ1v) is 8.10. The van der Waals surface area contributed by atoms with E-state index in [9.17, 15) is 8.42 Å². The van der Waals surface area contributed by atoms with Gasteiger partial charge in [-0.25, -0.2) is 13.1 Å². The minimum Gasteiger partial charge on any atom is -0.496 e. The van der Waals surface area contributed by atoms with Crippen LogP contribution in [0.5, 0.6) is 5.75 Å². The first kappa shape index (κ1) is 15.5. The fourth-order valence-electron chi connectivity index (χ4n) is 2.08. The van der Waals surface area contributed by atoms with Crippen molar-refractivity contribution in [3.63, 3.8) is 0 Å². The molecule has 0 bridgehead atoms. The minimum absolute atomic E-state index is 0.196. The topological polar surface area (TPSA) is 55.4 Å². The van der Waals surface area contributed by atoms with Crippen molar-refractivity contribution in [1.29, 1.82) is 0 Å². The van der Waals surface area contributed by atoms with E-state index in [-0.39, 0.29) is 11.4 Å². The van der Waals surface area contributed by atoms with Crippen molar-refractivity contribution in [2.75, 3.05) is 7.11 Å². The summed E-state index contributed by atoms with van der Waals surface area (Å²) in [6.07, 6.45) is 0. The van der Waals surface area contributed by atoms with Gasteiger partial charge in [0, 0.05) is 12.1 Å². The number of sulfonamides is 1. The molecular weight excluding hydrogens is 286 g/mol. The Bertz CT molecular complexity index is 739. The van der Waals surface area contributed by atoms with Crippen LogP contribution in [0.1, 0.15) is 16.7 Å². The van der Waals surface area contributed by atoms with Crippen molar-refractivity contribution in [2.24, 2.45) is 0 Å². The number of hydrogen-bond acceptors (Lipinski definition) is 3. The molecule has 0 aliphatic carbocycles. The summed E-state index contributed by atoms with van der Waals surface area (Å²) < 4.78 is 32.4. The average Bonchev–Trinajstić information content (AvgIpc) is 2.45. The van der Waals surface area contributed by atoms with Crippen molar-refractivity contribution < 1.29 is 13.2 Å². The van der Waals surface area contributed by atoms with Gasteiger partial charge in [-0.1, -0.05) is 29.8 Å². The molecular formula is C16H19NO3S. The number of methoxy groups -OCH3 is 1. The first-order chi connectivity index (χ1) is 9.92. The lowest BCUT2D eigenvalue weighted by atomic mass is 10.1. The molecule has 0 aliphatic heterocycles. The standard InChI is InChI=1S/C16H19NO3S/c1-12-5-4-6-15(10-12)21(18,19)17-11-14-9-13(2)7-8-16(14)20-3/h4-10,17H,11H2,1-3H3. The Morgan fingerprint density at radius 1 is 1.05 bits per heavy atom. The Morgan fingerprint density at radius 2 is 1.76 bits per heavy atom. The molecule has 0 saturated heterocycles. The van der Waals surface area contributed by atoms with Gasteiger partial charge in [0.25, 0.3) is 0 Å². The molecule has 0 spiro atoms. The van der Waals surface area contributed by atoms with Crippen LogP contribution in [-0.2, 0) is 16.6 Å². The van der Waals surface area contributed by atoms with Crippen molar-refractivity contribution in [1.82, 2.24) is 4.72 Å². The molecule has 112 valence electrons. The molecule has 4 nitrogen and oxygen atoms in total. The van der Waals surface area contributed by atoms with Gasteiger partial charge < -0.3 is 4.74 Å². The summed E-state index contributed by atoms with van der Waals surface area (Å²) in [5.74, 6) is 0.674. The van der Waals surface area contributed by atoms with E-state index >= 15 is 0 Å². The lowest BCUT2D eigenvalue weighted by Gasteiger charge is -2.11. The lowest BCUT2D eigenvalue weighted by molar-refractivity contribution is 0.409. The summed E-state index contributed by atoms with van der Waals surface area (Å²) in [4.78, 5) is 0.272. The van der Waals surface area contributed by atoms with Crippen LogP contribution in [0.25, 0.3) is 0 Å². The Hall–Kier alpha value is -1.85. The number of rotatable bonds is 5. The van der Waals surface area contributed by atoms with Gasteiger partial charge in [-0.3, -0.25) is 0 Å².